The molecule has 7 heteroatoms. The Morgan fingerprint density at radius 3 is 2.56 bits per heavy atom. The summed E-state index contributed by atoms with van der Waals surface area (Å²) in [5.41, 5.74) is 9.91. The molecular formula is C20H24N4O2S. The Morgan fingerprint density at radius 1 is 1.07 bits per heavy atom. The number of hydrogen-bond donors (Lipinski definition) is 4. The van der Waals surface area contributed by atoms with Crippen LogP contribution < -0.4 is 21.5 Å². The molecule has 2 aromatic carbocycles. The van der Waals surface area contributed by atoms with Crippen LogP contribution in [0, 0.1) is 13.8 Å². The largest absolute Gasteiger partial charge is 0.329 e. The van der Waals surface area contributed by atoms with Gasteiger partial charge in [-0.25, -0.2) is 10.9 Å². The van der Waals surface area contributed by atoms with E-state index in [2.05, 4.69) is 21.5 Å². The van der Waals surface area contributed by atoms with Crippen LogP contribution in [0.15, 0.2) is 48.5 Å². The third kappa shape index (κ3) is 5.82. The summed E-state index contributed by atoms with van der Waals surface area (Å²) < 4.78 is 0. The highest BCUT2D eigenvalue weighted by Gasteiger charge is 2.27. The minimum Gasteiger partial charge on any atom is -0.329 e. The van der Waals surface area contributed by atoms with Crippen LogP contribution in [-0.4, -0.2) is 29.1 Å². The summed E-state index contributed by atoms with van der Waals surface area (Å²) in [7, 11) is 0. The summed E-state index contributed by atoms with van der Waals surface area (Å²) >= 11 is 1.33. The fourth-order valence-corrected chi connectivity index (χ4v) is 3.51. The smallest absolute Gasteiger partial charge is 0.240 e. The first kappa shape index (κ1) is 19.4. The molecule has 2 unspecified atom stereocenters. The second kappa shape index (κ2) is 9.03. The van der Waals surface area contributed by atoms with Crippen LogP contribution >= 0.6 is 11.8 Å². The number of anilines is 1. The fourth-order valence-electron chi connectivity index (χ4n) is 2.77. The van der Waals surface area contributed by atoms with E-state index < -0.39 is 0 Å². The van der Waals surface area contributed by atoms with Crippen LogP contribution in [0.4, 0.5) is 5.69 Å². The van der Waals surface area contributed by atoms with Crippen molar-refractivity contribution < 1.29 is 9.59 Å². The molecule has 0 aromatic heterocycles. The number of amides is 2. The van der Waals surface area contributed by atoms with Gasteiger partial charge < -0.3 is 10.6 Å². The van der Waals surface area contributed by atoms with Crippen molar-refractivity contribution >= 4 is 29.3 Å². The van der Waals surface area contributed by atoms with Gasteiger partial charge in [0.15, 0.2) is 0 Å². The van der Waals surface area contributed by atoms with E-state index in [0.29, 0.717) is 6.42 Å². The van der Waals surface area contributed by atoms with Gasteiger partial charge in [0.1, 0.15) is 11.5 Å². The minimum atomic E-state index is -0.352. The lowest BCUT2D eigenvalue weighted by molar-refractivity contribution is -0.125. The number of thioether (sulfide) groups is 1. The van der Waals surface area contributed by atoms with Crippen molar-refractivity contribution in [2.24, 2.45) is 0 Å². The molecule has 2 aromatic rings. The number of nitrogens with one attached hydrogen (secondary N) is 4. The van der Waals surface area contributed by atoms with Crippen molar-refractivity contribution in [1.29, 1.82) is 0 Å². The van der Waals surface area contributed by atoms with Gasteiger partial charge in [-0.05, 0) is 43.5 Å². The zero-order valence-corrected chi connectivity index (χ0v) is 16.2. The zero-order chi connectivity index (χ0) is 19.2. The Kier molecular flexibility index (Phi) is 6.49. The molecule has 142 valence electrons. The summed E-state index contributed by atoms with van der Waals surface area (Å²) in [5.74, 6) is 0.0465. The van der Waals surface area contributed by atoms with Crippen LogP contribution in [0.3, 0.4) is 0 Å². The summed E-state index contributed by atoms with van der Waals surface area (Å²) in [6.45, 7) is 4.01. The minimum absolute atomic E-state index is 0.0779. The first-order valence-electron chi connectivity index (χ1n) is 8.85. The second-order valence-corrected chi connectivity index (χ2v) is 7.74. The lowest BCUT2D eigenvalue weighted by Crippen LogP contribution is -2.64. The van der Waals surface area contributed by atoms with Crippen LogP contribution in [0.25, 0.3) is 0 Å². The van der Waals surface area contributed by atoms with Gasteiger partial charge in [-0.15, -0.1) is 11.8 Å². The molecule has 3 rings (SSSR count). The highest BCUT2D eigenvalue weighted by atomic mass is 32.2. The van der Waals surface area contributed by atoms with Gasteiger partial charge in [-0.1, -0.05) is 42.0 Å². The molecule has 2 atom stereocenters. The van der Waals surface area contributed by atoms with E-state index in [1.54, 1.807) is 0 Å². The van der Waals surface area contributed by atoms with E-state index in [0.717, 1.165) is 16.8 Å². The number of benzene rings is 2. The number of aryl methyl sites for hydroxylation is 2. The van der Waals surface area contributed by atoms with Gasteiger partial charge in [0.2, 0.25) is 11.8 Å². The fraction of sp³-hybridized carbons (Fsp3) is 0.300. The number of carbonyl (C=O) groups excluding carboxylic acids is 2. The van der Waals surface area contributed by atoms with Crippen molar-refractivity contribution in [3.8, 4) is 0 Å². The molecule has 1 aliphatic heterocycles. The van der Waals surface area contributed by atoms with E-state index in [9.17, 15) is 9.59 Å². The Morgan fingerprint density at radius 2 is 1.85 bits per heavy atom. The molecule has 1 fully saturated rings. The maximum Gasteiger partial charge on any atom is 0.240 e. The molecule has 6 nitrogen and oxygen atoms in total. The van der Waals surface area contributed by atoms with Crippen molar-refractivity contribution in [3.63, 3.8) is 0 Å². The van der Waals surface area contributed by atoms with Crippen molar-refractivity contribution in [2.45, 2.75) is 31.8 Å². The summed E-state index contributed by atoms with van der Waals surface area (Å²) in [6, 6.07) is 15.4. The van der Waals surface area contributed by atoms with Crippen molar-refractivity contribution in [2.75, 3.05) is 11.1 Å². The molecule has 27 heavy (non-hydrogen) atoms. The zero-order valence-electron chi connectivity index (χ0n) is 15.4. The Bertz CT molecular complexity index is 810. The lowest BCUT2D eigenvalue weighted by Gasteiger charge is -2.31. The average molecular weight is 385 g/mol. The Labute approximate surface area is 163 Å². The predicted octanol–water partition coefficient (Wildman–Crippen LogP) is 2.09. The van der Waals surface area contributed by atoms with Crippen LogP contribution in [0.5, 0.6) is 0 Å². The van der Waals surface area contributed by atoms with Crippen LogP contribution in [0.1, 0.15) is 16.7 Å². The number of hydrogen-bond acceptors (Lipinski definition) is 5. The van der Waals surface area contributed by atoms with Gasteiger partial charge in [-0.2, -0.15) is 0 Å². The number of rotatable bonds is 6. The molecular weight excluding hydrogens is 360 g/mol. The summed E-state index contributed by atoms with van der Waals surface area (Å²) in [5, 5.41) is 5.76. The average Bonchev–Trinajstić information content (AvgIpc) is 2.64. The molecule has 0 saturated carbocycles. The standard InChI is InChI=1S/C20H24N4O2S/c1-13-6-8-15(9-7-13)11-17-19(26)22-20(24-23-17)27-12-18(25)21-16-5-3-4-14(2)10-16/h3-10,17,20,23-24H,11-12H2,1-2H3,(H,21,25)(H,22,26). The number of carbonyl (C=O) groups is 2. The highest BCUT2D eigenvalue weighted by Crippen LogP contribution is 2.13. The third-order valence-electron chi connectivity index (χ3n) is 4.22. The van der Waals surface area contributed by atoms with Crippen LogP contribution in [-0.2, 0) is 16.0 Å². The SMILES string of the molecule is Cc1ccc(CC2NNC(SCC(=O)Nc3cccc(C)c3)NC2=O)cc1. The maximum absolute atomic E-state index is 12.3. The molecule has 0 bridgehead atoms. The van der Waals surface area contributed by atoms with E-state index in [4.69, 9.17) is 0 Å². The second-order valence-electron chi connectivity index (χ2n) is 6.65. The molecule has 0 spiro atoms. The quantitative estimate of drug-likeness (QED) is 0.613. The third-order valence-corrected chi connectivity index (χ3v) is 5.22. The highest BCUT2D eigenvalue weighted by molar-refractivity contribution is 8.00. The van der Waals surface area contributed by atoms with E-state index in [1.165, 1.54) is 17.3 Å². The molecule has 0 radical (unpaired) electrons. The normalized spacial score (nSPS) is 19.4. The van der Waals surface area contributed by atoms with E-state index in [-0.39, 0.29) is 29.1 Å². The first-order valence-corrected chi connectivity index (χ1v) is 9.89. The van der Waals surface area contributed by atoms with Gasteiger partial charge >= 0.3 is 0 Å². The van der Waals surface area contributed by atoms with Crippen molar-refractivity contribution in [1.82, 2.24) is 16.2 Å². The maximum atomic E-state index is 12.3. The molecule has 1 heterocycles. The molecule has 1 saturated heterocycles. The van der Waals surface area contributed by atoms with E-state index in [1.807, 2.05) is 62.4 Å². The van der Waals surface area contributed by atoms with Gasteiger partial charge in [-0.3, -0.25) is 9.59 Å². The lowest BCUT2D eigenvalue weighted by atomic mass is 10.0. The predicted molar refractivity (Wildman–Crippen MR) is 109 cm³/mol. The molecule has 2 amide bonds. The van der Waals surface area contributed by atoms with Gasteiger partial charge in [0.25, 0.3) is 0 Å². The molecule has 0 aliphatic carbocycles. The molecule has 4 N–H and O–H groups in total. The van der Waals surface area contributed by atoms with Crippen molar-refractivity contribution in [3.05, 3.63) is 65.2 Å². The summed E-state index contributed by atoms with van der Waals surface area (Å²) in [6.07, 6.45) is 0.602. The van der Waals surface area contributed by atoms with Gasteiger partial charge in [0, 0.05) is 5.69 Å². The number of hydrazine groups is 1. The monoisotopic (exact) mass is 384 g/mol. The van der Waals surface area contributed by atoms with Gasteiger partial charge in [0.05, 0.1) is 5.75 Å². The van der Waals surface area contributed by atoms with Crippen LogP contribution in [0.2, 0.25) is 0 Å². The molecule has 1 aliphatic rings. The summed E-state index contributed by atoms with van der Waals surface area (Å²) in [4.78, 5) is 24.4. The topological polar surface area (TPSA) is 82.3 Å². The van der Waals surface area contributed by atoms with E-state index >= 15 is 0 Å². The first-order chi connectivity index (χ1) is 13.0. The Balaban J connectivity index is 1.43. The Hall–Kier alpha value is -2.35.